The van der Waals surface area contributed by atoms with Gasteiger partial charge in [0.2, 0.25) is 11.8 Å². The van der Waals surface area contributed by atoms with Gasteiger partial charge >= 0.3 is 0 Å². The molecule has 0 aliphatic carbocycles. The average molecular weight is 292 g/mol. The molecule has 0 bridgehead atoms. The third-order valence-electron chi connectivity index (χ3n) is 3.68. The fourth-order valence-corrected chi connectivity index (χ4v) is 2.37. The van der Waals surface area contributed by atoms with Crippen molar-refractivity contribution in [2.75, 3.05) is 11.4 Å². The lowest BCUT2D eigenvalue weighted by atomic mass is 9.86. The normalized spacial score (nSPS) is 20.7. The molecule has 1 aromatic heterocycles. The maximum Gasteiger partial charge on any atom is 0.250 e. The molecular formula is C15H24N4O2. The van der Waals surface area contributed by atoms with E-state index in [9.17, 15) is 9.59 Å². The summed E-state index contributed by atoms with van der Waals surface area (Å²) in [5.41, 5.74) is 0.420. The summed E-state index contributed by atoms with van der Waals surface area (Å²) in [6.07, 6.45) is 3.86. The monoisotopic (exact) mass is 292 g/mol. The Balaban J connectivity index is 2.32. The second-order valence-electron chi connectivity index (χ2n) is 6.88. The van der Waals surface area contributed by atoms with Crippen molar-refractivity contribution < 1.29 is 9.59 Å². The van der Waals surface area contributed by atoms with E-state index in [0.717, 1.165) is 5.69 Å². The lowest BCUT2D eigenvalue weighted by Gasteiger charge is -2.31. The second kappa shape index (κ2) is 5.50. The van der Waals surface area contributed by atoms with Crippen molar-refractivity contribution in [3.05, 3.63) is 12.4 Å². The molecule has 21 heavy (non-hydrogen) atoms. The van der Waals surface area contributed by atoms with Crippen LogP contribution in [0.4, 0.5) is 5.69 Å². The summed E-state index contributed by atoms with van der Waals surface area (Å²) >= 11 is 0. The predicted molar refractivity (Wildman–Crippen MR) is 81.0 cm³/mol. The summed E-state index contributed by atoms with van der Waals surface area (Å²) in [6, 6.07) is -0.283. The molecular weight excluding hydrogens is 268 g/mol. The number of amides is 2. The number of aromatic nitrogens is 2. The van der Waals surface area contributed by atoms with Gasteiger partial charge in [-0.15, -0.1) is 0 Å². The van der Waals surface area contributed by atoms with Crippen LogP contribution in [0.3, 0.4) is 0 Å². The molecule has 1 N–H and O–H groups in total. The Morgan fingerprint density at radius 1 is 1.33 bits per heavy atom. The number of carbonyl (C=O) groups excluding carboxylic acids is 2. The van der Waals surface area contributed by atoms with Crippen molar-refractivity contribution in [1.29, 1.82) is 0 Å². The summed E-state index contributed by atoms with van der Waals surface area (Å²) in [7, 11) is 0. The smallest absolute Gasteiger partial charge is 0.250 e. The highest BCUT2D eigenvalue weighted by Crippen LogP contribution is 2.26. The van der Waals surface area contributed by atoms with Crippen molar-refractivity contribution in [1.82, 2.24) is 15.1 Å². The van der Waals surface area contributed by atoms with Crippen LogP contribution in [-0.2, 0) is 9.59 Å². The molecule has 6 heteroatoms. The second-order valence-corrected chi connectivity index (χ2v) is 6.88. The molecule has 2 amide bonds. The number of hydrogen-bond acceptors (Lipinski definition) is 3. The first-order chi connectivity index (χ1) is 9.70. The Morgan fingerprint density at radius 3 is 2.52 bits per heavy atom. The Bertz CT molecular complexity index is 542. The van der Waals surface area contributed by atoms with Gasteiger partial charge in [0, 0.05) is 25.2 Å². The molecule has 1 unspecified atom stereocenters. The largest absolute Gasteiger partial charge is 0.344 e. The highest BCUT2D eigenvalue weighted by molar-refractivity contribution is 6.01. The van der Waals surface area contributed by atoms with Gasteiger partial charge in [0.15, 0.2) is 0 Å². The lowest BCUT2D eigenvalue weighted by molar-refractivity contribution is -0.127. The van der Waals surface area contributed by atoms with Gasteiger partial charge in [0.25, 0.3) is 0 Å². The molecule has 1 atom stereocenters. The lowest BCUT2D eigenvalue weighted by Crippen LogP contribution is -2.52. The predicted octanol–water partition coefficient (Wildman–Crippen LogP) is 1.73. The van der Waals surface area contributed by atoms with E-state index in [4.69, 9.17) is 0 Å². The third-order valence-corrected chi connectivity index (χ3v) is 3.68. The van der Waals surface area contributed by atoms with Gasteiger partial charge in [0.05, 0.1) is 11.9 Å². The van der Waals surface area contributed by atoms with Gasteiger partial charge in [-0.1, -0.05) is 20.8 Å². The van der Waals surface area contributed by atoms with Crippen molar-refractivity contribution in [3.63, 3.8) is 0 Å². The van der Waals surface area contributed by atoms with Crippen molar-refractivity contribution >= 4 is 17.5 Å². The maximum atomic E-state index is 12.8. The Morgan fingerprint density at radius 2 is 2.00 bits per heavy atom. The van der Waals surface area contributed by atoms with Gasteiger partial charge in [-0.05, 0) is 19.3 Å². The summed E-state index contributed by atoms with van der Waals surface area (Å²) in [4.78, 5) is 26.3. The van der Waals surface area contributed by atoms with Crippen LogP contribution in [-0.4, -0.2) is 34.2 Å². The van der Waals surface area contributed by atoms with Crippen LogP contribution in [0.25, 0.3) is 0 Å². The van der Waals surface area contributed by atoms with Crippen molar-refractivity contribution in [3.8, 4) is 0 Å². The summed E-state index contributed by atoms with van der Waals surface area (Å²) < 4.78 is 1.81. The van der Waals surface area contributed by atoms with Crippen LogP contribution in [0.1, 0.15) is 47.1 Å². The molecule has 6 nitrogen and oxygen atoms in total. The molecule has 116 valence electrons. The highest BCUT2D eigenvalue weighted by Gasteiger charge is 2.38. The molecule has 0 aromatic carbocycles. The highest BCUT2D eigenvalue weighted by atomic mass is 16.2. The Kier molecular flexibility index (Phi) is 4.07. The molecule has 1 aromatic rings. The van der Waals surface area contributed by atoms with E-state index in [0.29, 0.717) is 13.0 Å². The van der Waals surface area contributed by atoms with Crippen LogP contribution in [0.15, 0.2) is 12.4 Å². The van der Waals surface area contributed by atoms with E-state index in [2.05, 4.69) is 10.4 Å². The minimum atomic E-state index is -0.519. The SMILES string of the molecule is CC(C)n1cc(N2CCC(=O)NC(C(C)(C)C)C2=O)cn1. The van der Waals surface area contributed by atoms with Gasteiger partial charge < -0.3 is 10.2 Å². The molecule has 0 radical (unpaired) electrons. The average Bonchev–Trinajstić information content (AvgIpc) is 2.78. The van der Waals surface area contributed by atoms with Crippen LogP contribution < -0.4 is 10.2 Å². The molecule has 2 heterocycles. The molecule has 1 fully saturated rings. The summed E-state index contributed by atoms with van der Waals surface area (Å²) in [5, 5.41) is 7.12. The van der Waals surface area contributed by atoms with Gasteiger partial charge in [0.1, 0.15) is 6.04 Å². The van der Waals surface area contributed by atoms with Gasteiger partial charge in [-0.25, -0.2) is 0 Å². The molecule has 1 aliphatic rings. The molecule has 0 spiro atoms. The quantitative estimate of drug-likeness (QED) is 0.902. The minimum absolute atomic E-state index is 0.0725. The molecule has 1 saturated heterocycles. The number of rotatable bonds is 2. The summed E-state index contributed by atoms with van der Waals surface area (Å²) in [5.74, 6) is -0.154. The van der Waals surface area contributed by atoms with Gasteiger partial charge in [-0.3, -0.25) is 14.3 Å². The number of carbonyl (C=O) groups is 2. The standard InChI is InChI=1S/C15H24N4O2/c1-10(2)19-9-11(8-16-19)18-7-6-12(20)17-13(14(18)21)15(3,4)5/h8-10,13H,6-7H2,1-5H3,(H,17,20). The van der Waals surface area contributed by atoms with Crippen LogP contribution in [0.5, 0.6) is 0 Å². The molecule has 2 rings (SSSR count). The van der Waals surface area contributed by atoms with E-state index in [1.165, 1.54) is 0 Å². The number of hydrogen-bond donors (Lipinski definition) is 1. The van der Waals surface area contributed by atoms with E-state index >= 15 is 0 Å². The van der Waals surface area contributed by atoms with Crippen LogP contribution >= 0.6 is 0 Å². The fraction of sp³-hybridized carbons (Fsp3) is 0.667. The third kappa shape index (κ3) is 3.25. The zero-order valence-electron chi connectivity index (χ0n) is 13.4. The number of anilines is 1. The van der Waals surface area contributed by atoms with Crippen LogP contribution in [0, 0.1) is 5.41 Å². The minimum Gasteiger partial charge on any atom is -0.344 e. The number of nitrogens with one attached hydrogen (secondary N) is 1. The summed E-state index contributed by atoms with van der Waals surface area (Å²) in [6.45, 7) is 10.3. The van der Waals surface area contributed by atoms with Crippen molar-refractivity contribution in [2.24, 2.45) is 5.41 Å². The molecule has 1 aliphatic heterocycles. The van der Waals surface area contributed by atoms with E-state index in [1.54, 1.807) is 11.1 Å². The maximum absolute atomic E-state index is 12.8. The zero-order chi connectivity index (χ0) is 15.8. The Labute approximate surface area is 125 Å². The fourth-order valence-electron chi connectivity index (χ4n) is 2.37. The van der Waals surface area contributed by atoms with E-state index in [1.807, 2.05) is 45.5 Å². The zero-order valence-corrected chi connectivity index (χ0v) is 13.4. The van der Waals surface area contributed by atoms with E-state index < -0.39 is 6.04 Å². The topological polar surface area (TPSA) is 67.2 Å². The first kappa shape index (κ1) is 15.5. The first-order valence-electron chi connectivity index (χ1n) is 7.35. The van der Waals surface area contributed by atoms with Crippen LogP contribution in [0.2, 0.25) is 0 Å². The van der Waals surface area contributed by atoms with Crippen molar-refractivity contribution in [2.45, 2.75) is 53.1 Å². The number of nitrogens with zero attached hydrogens (tertiary/aromatic N) is 3. The van der Waals surface area contributed by atoms with E-state index in [-0.39, 0.29) is 23.3 Å². The molecule has 0 saturated carbocycles. The van der Waals surface area contributed by atoms with Gasteiger partial charge in [-0.2, -0.15) is 5.10 Å². The Hall–Kier alpha value is -1.85. The first-order valence-corrected chi connectivity index (χ1v) is 7.35.